The third-order valence-electron chi connectivity index (χ3n) is 5.12. The number of hydrogen-bond donors (Lipinski definition) is 1. The number of nitrogens with zero attached hydrogens (tertiary/aromatic N) is 1. The van der Waals surface area contributed by atoms with Gasteiger partial charge in [0.15, 0.2) is 16.7 Å². The highest BCUT2D eigenvalue weighted by Crippen LogP contribution is 2.27. The zero-order valence-electron chi connectivity index (χ0n) is 18.7. The van der Waals surface area contributed by atoms with Crippen molar-refractivity contribution in [1.82, 2.24) is 5.32 Å². The van der Waals surface area contributed by atoms with Gasteiger partial charge in [0.05, 0.1) is 19.4 Å². The summed E-state index contributed by atoms with van der Waals surface area (Å²) in [6.07, 6.45) is 1.70. The number of para-hydroxylation sites is 1. The Bertz CT molecular complexity index is 1240. The van der Waals surface area contributed by atoms with Crippen molar-refractivity contribution in [2.45, 2.75) is 13.5 Å². The first-order valence-corrected chi connectivity index (χ1v) is 11.0. The highest BCUT2D eigenvalue weighted by atomic mass is 32.1. The number of thiocarbonyl (C=S) groups is 1. The summed E-state index contributed by atoms with van der Waals surface area (Å²) in [6.45, 7) is 2.56. The maximum Gasteiger partial charge on any atom is 0.281 e. The molecule has 34 heavy (non-hydrogen) atoms. The summed E-state index contributed by atoms with van der Waals surface area (Å²) in [4.78, 5) is 14.5. The summed E-state index contributed by atoms with van der Waals surface area (Å²) >= 11 is 5.40. The average Bonchev–Trinajstić information content (AvgIpc) is 3.12. The number of benzene rings is 3. The van der Waals surface area contributed by atoms with Crippen LogP contribution in [0.5, 0.6) is 17.2 Å². The van der Waals surface area contributed by atoms with Gasteiger partial charge in [0.25, 0.3) is 5.91 Å². The molecular formula is C26H23FN2O4S. The van der Waals surface area contributed by atoms with E-state index in [1.165, 1.54) is 11.0 Å². The lowest BCUT2D eigenvalue weighted by Crippen LogP contribution is -2.30. The Hall–Kier alpha value is -3.91. The van der Waals surface area contributed by atoms with Gasteiger partial charge >= 0.3 is 0 Å². The van der Waals surface area contributed by atoms with Crippen molar-refractivity contribution in [2.75, 3.05) is 18.6 Å². The fourth-order valence-electron chi connectivity index (χ4n) is 3.51. The van der Waals surface area contributed by atoms with Crippen LogP contribution in [0, 0.1) is 5.82 Å². The molecule has 1 amide bonds. The zero-order chi connectivity index (χ0) is 24.1. The normalized spacial score (nSPS) is 14.3. The first-order valence-electron chi connectivity index (χ1n) is 10.6. The Kier molecular flexibility index (Phi) is 7.08. The zero-order valence-corrected chi connectivity index (χ0v) is 19.5. The van der Waals surface area contributed by atoms with Crippen LogP contribution in [0.4, 0.5) is 10.1 Å². The van der Waals surface area contributed by atoms with Gasteiger partial charge in [0.1, 0.15) is 23.8 Å². The number of amides is 1. The number of rotatable bonds is 8. The molecule has 0 radical (unpaired) electrons. The molecule has 174 valence electrons. The van der Waals surface area contributed by atoms with Crippen molar-refractivity contribution in [3.05, 3.63) is 89.4 Å². The van der Waals surface area contributed by atoms with Crippen LogP contribution < -0.4 is 24.4 Å². The monoisotopic (exact) mass is 478 g/mol. The van der Waals surface area contributed by atoms with Gasteiger partial charge in [0.2, 0.25) is 0 Å². The SMILES string of the molecule is CCOc1ccc(N2C(=O)/C(=C\c3ccc(OC)c(COc4ccccc4F)c3)NC2=S)cc1. The lowest BCUT2D eigenvalue weighted by Gasteiger charge is -2.14. The first kappa shape index (κ1) is 23.3. The van der Waals surface area contributed by atoms with E-state index in [1.807, 2.05) is 19.1 Å². The minimum atomic E-state index is -0.441. The number of carbonyl (C=O) groups is 1. The molecule has 0 aromatic heterocycles. The van der Waals surface area contributed by atoms with Gasteiger partial charge in [-0.1, -0.05) is 18.2 Å². The third kappa shape index (κ3) is 5.02. The minimum absolute atomic E-state index is 0.0964. The first-order chi connectivity index (χ1) is 16.5. The quantitative estimate of drug-likeness (QED) is 0.360. The van der Waals surface area contributed by atoms with Crippen LogP contribution in [0.25, 0.3) is 6.08 Å². The molecule has 3 aromatic carbocycles. The van der Waals surface area contributed by atoms with Crippen molar-refractivity contribution in [3.8, 4) is 17.2 Å². The number of halogens is 1. The van der Waals surface area contributed by atoms with E-state index in [0.29, 0.717) is 29.3 Å². The van der Waals surface area contributed by atoms with Gasteiger partial charge in [-0.25, -0.2) is 4.39 Å². The van der Waals surface area contributed by atoms with Crippen LogP contribution in [-0.4, -0.2) is 24.7 Å². The molecule has 1 N–H and O–H groups in total. The summed E-state index contributed by atoms with van der Waals surface area (Å²) in [5, 5.41) is 3.27. The van der Waals surface area contributed by atoms with Crippen molar-refractivity contribution in [3.63, 3.8) is 0 Å². The van der Waals surface area contributed by atoms with Gasteiger partial charge in [0, 0.05) is 5.56 Å². The van der Waals surface area contributed by atoms with Crippen LogP contribution in [0.2, 0.25) is 0 Å². The van der Waals surface area contributed by atoms with Gasteiger partial charge < -0.3 is 19.5 Å². The number of carbonyl (C=O) groups excluding carboxylic acids is 1. The maximum absolute atomic E-state index is 13.9. The molecule has 1 aliphatic rings. The molecule has 0 unspecified atom stereocenters. The number of ether oxygens (including phenoxy) is 3. The molecule has 8 heteroatoms. The molecule has 4 rings (SSSR count). The van der Waals surface area contributed by atoms with Gasteiger partial charge in [-0.3, -0.25) is 9.69 Å². The van der Waals surface area contributed by atoms with Crippen molar-refractivity contribution in [1.29, 1.82) is 0 Å². The maximum atomic E-state index is 13.9. The van der Waals surface area contributed by atoms with Gasteiger partial charge in [-0.2, -0.15) is 0 Å². The molecule has 1 fully saturated rings. The predicted molar refractivity (Wildman–Crippen MR) is 133 cm³/mol. The minimum Gasteiger partial charge on any atom is -0.496 e. The van der Waals surface area contributed by atoms with E-state index in [4.69, 9.17) is 26.4 Å². The Morgan fingerprint density at radius 3 is 2.50 bits per heavy atom. The predicted octanol–water partition coefficient (Wildman–Crippen LogP) is 5.07. The summed E-state index contributed by atoms with van der Waals surface area (Å²) in [5.41, 5.74) is 2.42. The smallest absolute Gasteiger partial charge is 0.281 e. The molecule has 0 spiro atoms. The number of anilines is 1. The highest BCUT2D eigenvalue weighted by molar-refractivity contribution is 7.80. The second-order valence-electron chi connectivity index (χ2n) is 7.35. The van der Waals surface area contributed by atoms with Crippen LogP contribution >= 0.6 is 12.2 Å². The summed E-state index contributed by atoms with van der Waals surface area (Å²) in [7, 11) is 1.55. The summed E-state index contributed by atoms with van der Waals surface area (Å²) < 4.78 is 30.4. The van der Waals surface area contributed by atoms with E-state index in [9.17, 15) is 9.18 Å². The molecule has 1 aliphatic heterocycles. The number of hydrogen-bond acceptors (Lipinski definition) is 5. The molecule has 3 aromatic rings. The van der Waals surface area contributed by atoms with Crippen LogP contribution in [-0.2, 0) is 11.4 Å². The van der Waals surface area contributed by atoms with Crippen LogP contribution in [0.3, 0.4) is 0 Å². The third-order valence-corrected chi connectivity index (χ3v) is 5.40. The molecule has 0 atom stereocenters. The molecule has 1 saturated heterocycles. The highest BCUT2D eigenvalue weighted by Gasteiger charge is 2.32. The molecule has 1 heterocycles. The fraction of sp³-hybridized carbons (Fsp3) is 0.154. The Balaban J connectivity index is 1.55. The fourth-order valence-corrected chi connectivity index (χ4v) is 3.81. The van der Waals surface area contributed by atoms with Crippen molar-refractivity contribution >= 4 is 35.0 Å². The van der Waals surface area contributed by atoms with Crippen LogP contribution in [0.15, 0.2) is 72.4 Å². The lowest BCUT2D eigenvalue weighted by atomic mass is 10.1. The topological polar surface area (TPSA) is 60.0 Å². The Morgan fingerprint density at radius 1 is 1.03 bits per heavy atom. The summed E-state index contributed by atoms with van der Waals surface area (Å²) in [6, 6.07) is 18.8. The van der Waals surface area contributed by atoms with E-state index in [2.05, 4.69) is 5.32 Å². The van der Waals surface area contributed by atoms with Crippen molar-refractivity contribution < 1.29 is 23.4 Å². The number of methoxy groups -OCH3 is 1. The van der Waals surface area contributed by atoms with E-state index in [0.717, 1.165) is 11.3 Å². The standard InChI is InChI=1S/C26H23FN2O4S/c1-3-32-20-11-9-19(10-12-20)29-25(30)22(28-26(29)34)15-17-8-13-23(31-2)18(14-17)16-33-24-7-5-4-6-21(24)27/h4-15H,3,16H2,1-2H3,(H,28,34)/b22-15+. The van der Waals surface area contributed by atoms with Gasteiger partial charge in [-0.15, -0.1) is 0 Å². The van der Waals surface area contributed by atoms with E-state index in [-0.39, 0.29) is 23.4 Å². The molecule has 0 bridgehead atoms. The molecule has 0 saturated carbocycles. The van der Waals surface area contributed by atoms with E-state index < -0.39 is 5.82 Å². The lowest BCUT2D eigenvalue weighted by molar-refractivity contribution is -0.113. The second kappa shape index (κ2) is 10.4. The van der Waals surface area contributed by atoms with Crippen LogP contribution in [0.1, 0.15) is 18.1 Å². The molecule has 0 aliphatic carbocycles. The Morgan fingerprint density at radius 2 is 1.79 bits per heavy atom. The molecular weight excluding hydrogens is 455 g/mol. The van der Waals surface area contributed by atoms with Crippen molar-refractivity contribution in [2.24, 2.45) is 0 Å². The number of nitrogens with one attached hydrogen (secondary N) is 1. The summed E-state index contributed by atoms with van der Waals surface area (Å²) in [5.74, 6) is 0.751. The Labute approximate surface area is 202 Å². The van der Waals surface area contributed by atoms with Gasteiger partial charge in [-0.05, 0) is 79.3 Å². The average molecular weight is 479 g/mol. The largest absolute Gasteiger partial charge is 0.496 e. The van der Waals surface area contributed by atoms with E-state index in [1.54, 1.807) is 61.7 Å². The molecule has 6 nitrogen and oxygen atoms in total. The van der Waals surface area contributed by atoms with E-state index >= 15 is 0 Å². The second-order valence-corrected chi connectivity index (χ2v) is 7.73.